The predicted octanol–water partition coefficient (Wildman–Crippen LogP) is 3.65. The van der Waals surface area contributed by atoms with Gasteiger partial charge in [-0.3, -0.25) is 0 Å². The molecule has 1 unspecified atom stereocenters. The molecule has 4 rings (SSSR count). The Morgan fingerprint density at radius 2 is 1.78 bits per heavy atom. The van der Waals surface area contributed by atoms with E-state index in [2.05, 4.69) is 75.2 Å². The van der Waals surface area contributed by atoms with Crippen LogP contribution in [-0.4, -0.2) is 60.4 Å². The summed E-state index contributed by atoms with van der Waals surface area (Å²) in [4.78, 5) is 16.8. The summed E-state index contributed by atoms with van der Waals surface area (Å²) < 4.78 is 0. The molecule has 170 valence electrons. The number of hydrogen-bond donors (Lipinski definition) is 2. The fraction of sp³-hybridized carbons (Fsp3) is 0.458. The lowest BCUT2D eigenvalue weighted by Gasteiger charge is -2.38. The van der Waals surface area contributed by atoms with Gasteiger partial charge in [0.2, 0.25) is 5.95 Å². The summed E-state index contributed by atoms with van der Waals surface area (Å²) >= 11 is 5.41. The first-order valence-electron chi connectivity index (χ1n) is 11.5. The highest BCUT2D eigenvalue weighted by Gasteiger charge is 2.24. The molecule has 7 nitrogen and oxygen atoms in total. The number of nitrogens with zero attached hydrogens (tertiary/aromatic N) is 5. The molecular weight excluding hydrogens is 418 g/mol. The minimum atomic E-state index is 0.472. The van der Waals surface area contributed by atoms with Crippen LogP contribution in [0.2, 0.25) is 0 Å². The van der Waals surface area contributed by atoms with E-state index in [4.69, 9.17) is 22.2 Å². The second-order valence-corrected chi connectivity index (χ2v) is 8.79. The van der Waals surface area contributed by atoms with Gasteiger partial charge in [0.05, 0.1) is 0 Å². The average molecular weight is 452 g/mol. The molecule has 1 aromatic heterocycles. The lowest BCUT2D eigenvalue weighted by molar-refractivity contribution is 0.481. The zero-order valence-electron chi connectivity index (χ0n) is 18.8. The summed E-state index contributed by atoms with van der Waals surface area (Å²) in [6.45, 7) is 11.4. The number of benzene rings is 1. The highest BCUT2D eigenvalue weighted by atomic mass is 32.1. The van der Waals surface area contributed by atoms with E-state index >= 15 is 0 Å². The van der Waals surface area contributed by atoms with E-state index in [0.717, 1.165) is 44.4 Å². The molecule has 0 saturated carbocycles. The zero-order valence-corrected chi connectivity index (χ0v) is 19.7. The van der Waals surface area contributed by atoms with Crippen molar-refractivity contribution in [2.75, 3.05) is 59.3 Å². The normalized spacial score (nSPS) is 18.9. The van der Waals surface area contributed by atoms with Crippen molar-refractivity contribution in [3.63, 3.8) is 0 Å². The molecule has 1 atom stereocenters. The first-order valence-corrected chi connectivity index (χ1v) is 11.9. The lowest BCUT2D eigenvalue weighted by atomic mass is 10.0. The van der Waals surface area contributed by atoms with Crippen LogP contribution in [0.5, 0.6) is 0 Å². The summed E-state index contributed by atoms with van der Waals surface area (Å²) in [5, 5.41) is 6.78. The molecule has 0 bridgehead atoms. The summed E-state index contributed by atoms with van der Waals surface area (Å²) in [6.07, 6.45) is 5.44. The molecule has 2 N–H and O–H groups in total. The Kier molecular flexibility index (Phi) is 7.42. The molecule has 2 aliphatic heterocycles. The van der Waals surface area contributed by atoms with Gasteiger partial charge in [0, 0.05) is 57.1 Å². The molecule has 0 aliphatic carbocycles. The standard InChI is InChI=1S/C24H33N7S/c1-3-12-25-24(32)28-23-26-21(18-22(27-23)31-13-8-7-9-19(31)2)30-16-14-29(15-17-30)20-10-5-4-6-11-20/h3-6,10-11,18-19H,1,7-9,12-17H2,2H3,(H2,25,26,27,28,32). The van der Waals surface area contributed by atoms with E-state index in [0.29, 0.717) is 23.6 Å². The molecule has 32 heavy (non-hydrogen) atoms. The Morgan fingerprint density at radius 3 is 2.50 bits per heavy atom. The van der Waals surface area contributed by atoms with E-state index < -0.39 is 0 Å². The molecule has 1 aromatic carbocycles. The SMILES string of the molecule is C=CCNC(=S)Nc1nc(N2CCN(c3ccccc3)CC2)cc(N2CCCCC2C)n1. The number of rotatable bonds is 6. The number of piperazine rings is 1. The molecule has 8 heteroatoms. The van der Waals surface area contributed by atoms with Crippen molar-refractivity contribution < 1.29 is 0 Å². The van der Waals surface area contributed by atoms with Crippen LogP contribution in [0.1, 0.15) is 26.2 Å². The average Bonchev–Trinajstić information content (AvgIpc) is 2.83. The van der Waals surface area contributed by atoms with Crippen LogP contribution in [0.25, 0.3) is 0 Å². The number of nitrogens with one attached hydrogen (secondary N) is 2. The Bertz CT molecular complexity index is 912. The van der Waals surface area contributed by atoms with Gasteiger partial charge in [0.1, 0.15) is 11.6 Å². The van der Waals surface area contributed by atoms with E-state index in [1.165, 1.54) is 24.9 Å². The highest BCUT2D eigenvalue weighted by Crippen LogP contribution is 2.28. The molecule has 2 aliphatic rings. The number of anilines is 4. The minimum Gasteiger partial charge on any atom is -0.368 e. The number of hydrogen-bond acceptors (Lipinski definition) is 6. The van der Waals surface area contributed by atoms with Crippen LogP contribution in [0.15, 0.2) is 49.1 Å². The van der Waals surface area contributed by atoms with Gasteiger partial charge < -0.3 is 25.3 Å². The number of thiocarbonyl (C=S) groups is 1. The van der Waals surface area contributed by atoms with Crippen molar-refractivity contribution in [1.82, 2.24) is 15.3 Å². The maximum absolute atomic E-state index is 5.41. The fourth-order valence-corrected chi connectivity index (χ4v) is 4.54. The van der Waals surface area contributed by atoms with Gasteiger partial charge in [0.15, 0.2) is 5.11 Å². The van der Waals surface area contributed by atoms with Crippen molar-refractivity contribution in [3.05, 3.63) is 49.1 Å². The molecule has 0 amide bonds. The van der Waals surface area contributed by atoms with Gasteiger partial charge in [-0.05, 0) is 50.5 Å². The Hall–Kier alpha value is -2.87. The first kappa shape index (κ1) is 22.3. The summed E-state index contributed by atoms with van der Waals surface area (Å²) in [5.41, 5.74) is 1.28. The lowest BCUT2D eigenvalue weighted by Crippen LogP contribution is -2.47. The monoisotopic (exact) mass is 451 g/mol. The van der Waals surface area contributed by atoms with Crippen molar-refractivity contribution in [2.45, 2.75) is 32.2 Å². The van der Waals surface area contributed by atoms with Crippen molar-refractivity contribution >= 4 is 40.6 Å². The van der Waals surface area contributed by atoms with Crippen molar-refractivity contribution in [2.24, 2.45) is 0 Å². The second kappa shape index (κ2) is 10.6. The molecular formula is C24H33N7S. The molecule has 3 heterocycles. The van der Waals surface area contributed by atoms with Crippen LogP contribution in [0, 0.1) is 0 Å². The molecule has 0 radical (unpaired) electrons. The maximum atomic E-state index is 5.41. The summed E-state index contributed by atoms with van der Waals surface area (Å²) in [5.74, 6) is 2.47. The Labute approximate surface area is 196 Å². The van der Waals surface area contributed by atoms with E-state index in [1.54, 1.807) is 6.08 Å². The smallest absolute Gasteiger partial charge is 0.232 e. The van der Waals surface area contributed by atoms with Gasteiger partial charge in [0.25, 0.3) is 0 Å². The molecule has 2 saturated heterocycles. The van der Waals surface area contributed by atoms with Crippen LogP contribution in [-0.2, 0) is 0 Å². The topological polar surface area (TPSA) is 59.6 Å². The largest absolute Gasteiger partial charge is 0.368 e. The third-order valence-electron chi connectivity index (χ3n) is 6.15. The fourth-order valence-electron chi connectivity index (χ4n) is 4.37. The molecule has 2 aromatic rings. The van der Waals surface area contributed by atoms with Crippen LogP contribution < -0.4 is 25.3 Å². The van der Waals surface area contributed by atoms with Gasteiger partial charge in [-0.1, -0.05) is 24.3 Å². The number of aromatic nitrogens is 2. The highest BCUT2D eigenvalue weighted by molar-refractivity contribution is 7.80. The zero-order chi connectivity index (χ0) is 22.3. The van der Waals surface area contributed by atoms with Gasteiger partial charge >= 0.3 is 0 Å². The first-order chi connectivity index (χ1) is 15.6. The molecule has 2 fully saturated rings. The van der Waals surface area contributed by atoms with Gasteiger partial charge in [-0.15, -0.1) is 6.58 Å². The summed E-state index contributed by atoms with van der Waals surface area (Å²) in [6, 6.07) is 13.2. The van der Waals surface area contributed by atoms with Gasteiger partial charge in [-0.2, -0.15) is 9.97 Å². The molecule has 0 spiro atoms. The Balaban J connectivity index is 1.53. The predicted molar refractivity (Wildman–Crippen MR) is 138 cm³/mol. The second-order valence-electron chi connectivity index (χ2n) is 8.38. The minimum absolute atomic E-state index is 0.472. The number of piperidine rings is 1. The van der Waals surface area contributed by atoms with Gasteiger partial charge in [-0.25, -0.2) is 0 Å². The maximum Gasteiger partial charge on any atom is 0.232 e. The van der Waals surface area contributed by atoms with Crippen molar-refractivity contribution in [1.29, 1.82) is 0 Å². The number of para-hydroxylation sites is 1. The van der Waals surface area contributed by atoms with Crippen LogP contribution in [0.3, 0.4) is 0 Å². The summed E-state index contributed by atoms with van der Waals surface area (Å²) in [7, 11) is 0. The quantitative estimate of drug-likeness (QED) is 0.510. The Morgan fingerprint density at radius 1 is 1.06 bits per heavy atom. The third kappa shape index (κ3) is 5.48. The van der Waals surface area contributed by atoms with Crippen molar-refractivity contribution in [3.8, 4) is 0 Å². The third-order valence-corrected chi connectivity index (χ3v) is 6.40. The van der Waals surface area contributed by atoms with Crippen LogP contribution in [0.4, 0.5) is 23.3 Å². The van der Waals surface area contributed by atoms with Crippen LogP contribution >= 0.6 is 12.2 Å². The van der Waals surface area contributed by atoms with E-state index in [9.17, 15) is 0 Å². The van der Waals surface area contributed by atoms with E-state index in [1.807, 2.05) is 0 Å². The van der Waals surface area contributed by atoms with E-state index in [-0.39, 0.29) is 0 Å².